The van der Waals surface area contributed by atoms with E-state index < -0.39 is 88.8 Å². The summed E-state index contributed by atoms with van der Waals surface area (Å²) in [4.78, 5) is 65.4. The first-order valence-electron chi connectivity index (χ1n) is 25.7. The number of aliphatic hydroxyl groups is 2. The molecule has 4 aliphatic heterocycles. The second-order valence-electron chi connectivity index (χ2n) is 20.4. The molecular weight excluding hydrogens is 995 g/mol. The first-order chi connectivity index (χ1) is 36.3. The molecule has 0 radical (unpaired) electrons. The third-order valence-electron chi connectivity index (χ3n) is 14.6. The van der Waals surface area contributed by atoms with E-state index >= 15 is 0 Å². The summed E-state index contributed by atoms with van der Waals surface area (Å²) in [6, 6.07) is 6.78. The van der Waals surface area contributed by atoms with Crippen LogP contribution in [0, 0.1) is 37.5 Å². The van der Waals surface area contributed by atoms with Crippen LogP contribution in [0.1, 0.15) is 95.3 Å². The number of likely N-dealkylation sites (N-methyl/N-ethyl adjacent to an activating group) is 1. The van der Waals surface area contributed by atoms with E-state index in [0.29, 0.717) is 30.8 Å². The van der Waals surface area contributed by atoms with Gasteiger partial charge in [-0.3, -0.25) is 24.2 Å². The quantitative estimate of drug-likeness (QED) is 0.0317. The van der Waals surface area contributed by atoms with Crippen LogP contribution in [-0.2, 0) is 28.6 Å². The fraction of sp³-hybridized carbons (Fsp3) is 0.474. The molecule has 1 fully saturated rings. The lowest BCUT2D eigenvalue weighted by Crippen LogP contribution is -2.46. The third kappa shape index (κ3) is 13.0. The Labute approximate surface area is 447 Å². The lowest BCUT2D eigenvalue weighted by molar-refractivity contribution is -0.160. The molecular formula is C57H73N5O15. The first kappa shape index (κ1) is 59.0. The minimum Gasteiger partial charge on any atom is -0.507 e. The number of hydrogen-bond acceptors (Lipinski definition) is 18. The number of carbonyl (C=O) groups is 4. The molecule has 5 bridgehead atoms. The number of aryl methyl sites for hydroxylation is 1. The number of rotatable bonds is 7. The molecule has 9 atom stereocenters. The number of benzene rings is 3. The number of fused-ring (bicyclic) bond motifs is 15. The van der Waals surface area contributed by atoms with Crippen LogP contribution >= 0.6 is 0 Å². The summed E-state index contributed by atoms with van der Waals surface area (Å²) in [5.74, 6) is -8.38. The Morgan fingerprint density at radius 3 is 2.26 bits per heavy atom. The summed E-state index contributed by atoms with van der Waals surface area (Å²) in [6.45, 7) is 18.9. The number of hydrazone groups is 1. The number of ketones is 1. The number of phenols is 3. The number of Topliss-reactive ketones (excluding diaryl/α,β-unsaturated/α-hetero) is 1. The van der Waals surface area contributed by atoms with Gasteiger partial charge in [-0.05, 0) is 58.0 Å². The van der Waals surface area contributed by atoms with E-state index in [4.69, 9.17) is 23.4 Å². The normalized spacial score (nSPS) is 27.0. The maximum atomic E-state index is 14.4. The third-order valence-corrected chi connectivity index (χ3v) is 14.6. The predicted octanol–water partition coefficient (Wildman–Crippen LogP) is 7.18. The average Bonchev–Trinajstić information content (AvgIpc) is 3.71. The van der Waals surface area contributed by atoms with Gasteiger partial charge in [0.1, 0.15) is 28.9 Å². The number of aliphatic hydroxyl groups excluding tert-OH is 2. The lowest BCUT2D eigenvalue weighted by atomic mass is 9.78. The first-order valence-corrected chi connectivity index (χ1v) is 25.7. The van der Waals surface area contributed by atoms with Gasteiger partial charge in [0.15, 0.2) is 5.75 Å². The molecule has 0 saturated carbocycles. The molecule has 0 spiro atoms. The highest BCUT2D eigenvalue weighted by Crippen LogP contribution is 2.55. The number of allylic oxidation sites excluding steroid dienone is 2. The van der Waals surface area contributed by atoms with Crippen molar-refractivity contribution in [2.75, 3.05) is 51.0 Å². The van der Waals surface area contributed by atoms with Gasteiger partial charge in [0.2, 0.25) is 5.91 Å². The Kier molecular flexibility index (Phi) is 19.0. The Bertz CT molecular complexity index is 3070. The van der Waals surface area contributed by atoms with Crippen molar-refractivity contribution in [1.82, 2.24) is 9.91 Å². The van der Waals surface area contributed by atoms with Gasteiger partial charge in [0.25, 0.3) is 11.7 Å². The maximum Gasteiger partial charge on any atom is 0.336 e. The molecule has 2 amide bonds. The van der Waals surface area contributed by atoms with Gasteiger partial charge in [-0.2, -0.15) is 5.10 Å². The lowest BCUT2D eigenvalue weighted by Gasteiger charge is -2.38. The smallest absolute Gasteiger partial charge is 0.336 e. The van der Waals surface area contributed by atoms with Crippen molar-refractivity contribution in [2.24, 2.45) is 28.8 Å². The van der Waals surface area contributed by atoms with E-state index in [-0.39, 0.29) is 56.0 Å². The summed E-state index contributed by atoms with van der Waals surface area (Å²) in [7, 11) is 3.42. The maximum absolute atomic E-state index is 14.4. The van der Waals surface area contributed by atoms with Crippen LogP contribution in [0.2, 0.25) is 0 Å². The van der Waals surface area contributed by atoms with Crippen LogP contribution < -0.4 is 21.0 Å². The molecule has 3 aromatic carbocycles. The Balaban J connectivity index is 0.000000448. The van der Waals surface area contributed by atoms with Crippen molar-refractivity contribution in [2.45, 2.75) is 112 Å². The van der Waals surface area contributed by atoms with E-state index in [1.807, 2.05) is 33.0 Å². The van der Waals surface area contributed by atoms with Crippen molar-refractivity contribution < 1.29 is 68.1 Å². The number of nitrogens with zero attached hydrogens (tertiary/aromatic N) is 3. The predicted molar refractivity (Wildman–Crippen MR) is 291 cm³/mol. The van der Waals surface area contributed by atoms with E-state index in [1.54, 1.807) is 50.9 Å². The summed E-state index contributed by atoms with van der Waals surface area (Å²) >= 11 is 0. The number of esters is 1. The number of ether oxygens (including phenoxy) is 4. The SMILES string of the molecule is CCCC(=O)Nc1ccc2c(C)cc(=O)oc2c1.CO[C@H]1/C=C/O[C@@]2(C)Oc3c(C)c(O)c4c(O)c(c(/C=N/N5CCN(C)CC5)c(O)c4c3C2=O)NC(=O)/C(C)=C\C=C\[C@H](C)[C@H](O)[C@@H](C)[C@@H](O)[C@@H](C)[C@H](OC(C)=O)[C@@H]1C. The fourth-order valence-corrected chi connectivity index (χ4v) is 9.78. The van der Waals surface area contributed by atoms with Crippen LogP contribution in [0.4, 0.5) is 11.4 Å². The number of nitrogens with one attached hydrogen (secondary N) is 2. The Morgan fingerprint density at radius 2 is 1.61 bits per heavy atom. The molecule has 77 heavy (non-hydrogen) atoms. The van der Waals surface area contributed by atoms with E-state index in [2.05, 4.69) is 20.6 Å². The molecule has 1 aromatic heterocycles. The van der Waals surface area contributed by atoms with Gasteiger partial charge in [-0.25, -0.2) is 4.79 Å². The highest BCUT2D eigenvalue weighted by Gasteiger charge is 2.50. The average molecular weight is 1070 g/mol. The number of phenolic OH excluding ortho intramolecular Hbond substituents is 3. The standard InChI is InChI=1S/C43H58N4O12.C14H15NO3/c1-21-12-11-13-22(2)42(55)45-33-28(20-44-47-17-15-46(9)16-18-47)37(52)30-31(38(33)53)36(51)26(6)40-32(30)41(54)43(8,59-40)57-19-14-29(56-10)23(3)39(58-27(7)48)25(5)35(50)24(4)34(21)49;1-3-4-13(16)15-10-5-6-11-9(2)7-14(17)18-12(11)8-10/h11-14,19-21,23-25,29,34-35,39,49-53H,15-18H2,1-10H3,(H,45,55);5-8H,3-4H2,1-2H3,(H,15,16)/b12-11+,19-14+,22-13-,44-20+;/t21-,23+,24+,25+,29-,34-,35+,39+,43-;/m0./s1. The number of aromatic hydroxyl groups is 3. The molecule has 0 aliphatic carbocycles. The minimum absolute atomic E-state index is 0.0353. The topological polar surface area (TPSA) is 279 Å². The van der Waals surface area contributed by atoms with Crippen molar-refractivity contribution in [3.63, 3.8) is 0 Å². The van der Waals surface area contributed by atoms with Crippen LogP contribution in [0.15, 0.2) is 74.7 Å². The molecule has 4 aromatic rings. The van der Waals surface area contributed by atoms with Crippen molar-refractivity contribution in [1.29, 1.82) is 0 Å². The highest BCUT2D eigenvalue weighted by molar-refractivity contribution is 6.24. The van der Waals surface area contributed by atoms with Gasteiger partial charge in [0.05, 0.1) is 53.0 Å². The van der Waals surface area contributed by atoms with Gasteiger partial charge in [0, 0.05) is 117 Å². The molecule has 416 valence electrons. The van der Waals surface area contributed by atoms with Crippen LogP contribution in [0.3, 0.4) is 0 Å². The van der Waals surface area contributed by atoms with Crippen molar-refractivity contribution >= 4 is 62.9 Å². The number of methoxy groups -OCH3 is 1. The summed E-state index contributed by atoms with van der Waals surface area (Å²) in [5.41, 5.74) is 1.28. The Morgan fingerprint density at radius 1 is 0.922 bits per heavy atom. The number of amides is 2. The van der Waals surface area contributed by atoms with Crippen molar-refractivity contribution in [3.8, 4) is 23.0 Å². The summed E-state index contributed by atoms with van der Waals surface area (Å²) in [6.07, 6.45) is 6.14. The van der Waals surface area contributed by atoms with Gasteiger partial charge in [-0.15, -0.1) is 0 Å². The van der Waals surface area contributed by atoms with Gasteiger partial charge in [-0.1, -0.05) is 52.8 Å². The van der Waals surface area contributed by atoms with Gasteiger partial charge >= 0.3 is 17.4 Å². The molecule has 1 saturated heterocycles. The fourth-order valence-electron chi connectivity index (χ4n) is 9.78. The van der Waals surface area contributed by atoms with Crippen LogP contribution in [0.5, 0.6) is 23.0 Å². The molecule has 20 nitrogen and oxygen atoms in total. The monoisotopic (exact) mass is 1070 g/mol. The second kappa shape index (κ2) is 24.8. The molecule has 20 heteroatoms. The van der Waals surface area contributed by atoms with Crippen LogP contribution in [0.25, 0.3) is 21.7 Å². The molecule has 0 unspecified atom stereocenters. The van der Waals surface area contributed by atoms with E-state index in [9.17, 15) is 49.5 Å². The zero-order valence-electron chi connectivity index (χ0n) is 45.8. The summed E-state index contributed by atoms with van der Waals surface area (Å²) in [5, 5.41) is 70.5. The molecule has 4 aliphatic rings. The molecule has 5 heterocycles. The highest BCUT2D eigenvalue weighted by atomic mass is 16.7. The number of hydrogen-bond donors (Lipinski definition) is 7. The summed E-state index contributed by atoms with van der Waals surface area (Å²) < 4.78 is 28.7. The van der Waals surface area contributed by atoms with E-state index in [1.165, 1.54) is 65.5 Å². The molecule has 7 N–H and O–H groups in total. The second-order valence-corrected chi connectivity index (χ2v) is 20.4. The minimum atomic E-state index is -2.04. The van der Waals surface area contributed by atoms with E-state index in [0.717, 1.165) is 30.5 Å². The Hall–Kier alpha value is -7.26. The number of carbonyl (C=O) groups excluding carboxylic acids is 4. The number of anilines is 2. The zero-order valence-corrected chi connectivity index (χ0v) is 45.8. The zero-order chi connectivity index (χ0) is 56.8. The molecule has 8 rings (SSSR count). The van der Waals surface area contributed by atoms with Crippen LogP contribution in [-0.4, -0.2) is 136 Å². The van der Waals surface area contributed by atoms with Gasteiger partial charge < -0.3 is 64.4 Å². The van der Waals surface area contributed by atoms with Crippen molar-refractivity contribution in [3.05, 3.63) is 93.1 Å². The number of piperazine rings is 1. The largest absolute Gasteiger partial charge is 0.507 e.